The summed E-state index contributed by atoms with van der Waals surface area (Å²) in [6, 6.07) is 8.29. The molecular formula is C13H14N2O3S. The average molecular weight is 278 g/mol. The third-order valence-electron chi connectivity index (χ3n) is 2.43. The van der Waals surface area contributed by atoms with E-state index in [1.165, 1.54) is 0 Å². The van der Waals surface area contributed by atoms with Gasteiger partial charge in [0.2, 0.25) is 0 Å². The van der Waals surface area contributed by atoms with Crippen LogP contribution in [0.1, 0.15) is 17.2 Å². The molecule has 1 aromatic heterocycles. The summed E-state index contributed by atoms with van der Waals surface area (Å²) in [6.45, 7) is 4.08. The maximum atomic E-state index is 10.8. The number of hydrogen-bond acceptors (Lipinski definition) is 4. The molecular weight excluding hydrogens is 264 g/mol. The molecule has 2 aromatic rings. The minimum Gasteiger partial charge on any atom is -0.487 e. The molecule has 19 heavy (non-hydrogen) atoms. The first-order valence-electron chi connectivity index (χ1n) is 5.69. The molecule has 6 heteroatoms. The summed E-state index contributed by atoms with van der Waals surface area (Å²) in [7, 11) is 0. The van der Waals surface area contributed by atoms with Crippen LogP contribution in [0, 0.1) is 13.8 Å². The van der Waals surface area contributed by atoms with Gasteiger partial charge in [-0.1, -0.05) is 0 Å². The standard InChI is InChI=1S/C13H14N2O3S/c1-9-7-11(15-10(2)14-9)8-18-12-3-5-13(6-4-12)19(16)17/h3-7H,8H2,1-2H3,(H,16,17). The normalized spacial score (nSPS) is 12.2. The Labute approximate surface area is 114 Å². The van der Waals surface area contributed by atoms with Gasteiger partial charge in [0.1, 0.15) is 18.2 Å². The lowest BCUT2D eigenvalue weighted by atomic mass is 10.3. The van der Waals surface area contributed by atoms with Crippen LogP contribution in [0.25, 0.3) is 0 Å². The Kier molecular flexibility index (Phi) is 4.24. The lowest BCUT2D eigenvalue weighted by molar-refractivity contribution is 0.300. The van der Waals surface area contributed by atoms with Crippen LogP contribution in [0.5, 0.6) is 5.75 Å². The number of benzene rings is 1. The largest absolute Gasteiger partial charge is 0.487 e. The van der Waals surface area contributed by atoms with Gasteiger partial charge in [0, 0.05) is 5.69 Å². The van der Waals surface area contributed by atoms with Gasteiger partial charge in [0.05, 0.1) is 10.6 Å². The van der Waals surface area contributed by atoms with E-state index in [0.717, 1.165) is 11.4 Å². The molecule has 0 bridgehead atoms. The summed E-state index contributed by atoms with van der Waals surface area (Å²) < 4.78 is 25.3. The monoisotopic (exact) mass is 278 g/mol. The first-order valence-corrected chi connectivity index (χ1v) is 6.80. The van der Waals surface area contributed by atoms with Crippen molar-refractivity contribution in [1.82, 2.24) is 9.97 Å². The topological polar surface area (TPSA) is 72.3 Å². The Balaban J connectivity index is 2.03. The maximum Gasteiger partial charge on any atom is 0.186 e. The van der Waals surface area contributed by atoms with Gasteiger partial charge in [-0.15, -0.1) is 0 Å². The van der Waals surface area contributed by atoms with Crippen LogP contribution in [0.2, 0.25) is 0 Å². The third kappa shape index (κ3) is 3.84. The Bertz CT molecular complexity index is 579. The fraction of sp³-hybridized carbons (Fsp3) is 0.231. The summed E-state index contributed by atoms with van der Waals surface area (Å²) >= 11 is -1.96. The highest BCUT2D eigenvalue weighted by molar-refractivity contribution is 7.79. The fourth-order valence-electron chi connectivity index (χ4n) is 1.68. The summed E-state index contributed by atoms with van der Waals surface area (Å²) in [6.07, 6.45) is 0. The van der Waals surface area contributed by atoms with Crippen molar-refractivity contribution in [2.75, 3.05) is 0 Å². The zero-order chi connectivity index (χ0) is 13.8. The Morgan fingerprint density at radius 2 is 1.89 bits per heavy atom. The van der Waals surface area contributed by atoms with Gasteiger partial charge >= 0.3 is 0 Å². The van der Waals surface area contributed by atoms with E-state index in [1.807, 2.05) is 19.9 Å². The molecule has 1 aromatic carbocycles. The Morgan fingerprint density at radius 3 is 2.47 bits per heavy atom. The molecule has 100 valence electrons. The quantitative estimate of drug-likeness (QED) is 0.868. The smallest absolute Gasteiger partial charge is 0.186 e. The van der Waals surface area contributed by atoms with Crippen molar-refractivity contribution >= 4 is 11.1 Å². The van der Waals surface area contributed by atoms with Gasteiger partial charge in [0.15, 0.2) is 11.1 Å². The summed E-state index contributed by atoms with van der Waals surface area (Å²) in [5.41, 5.74) is 1.71. The van der Waals surface area contributed by atoms with Crippen molar-refractivity contribution in [2.45, 2.75) is 25.3 Å². The average Bonchev–Trinajstić information content (AvgIpc) is 2.36. The van der Waals surface area contributed by atoms with Crippen LogP contribution in [0.3, 0.4) is 0 Å². The van der Waals surface area contributed by atoms with E-state index in [0.29, 0.717) is 23.1 Å². The molecule has 1 atom stereocenters. The highest BCUT2D eigenvalue weighted by atomic mass is 32.2. The summed E-state index contributed by atoms with van der Waals surface area (Å²) in [5, 5.41) is 0. The van der Waals surface area contributed by atoms with Crippen molar-refractivity contribution in [3.05, 3.63) is 47.5 Å². The van der Waals surface area contributed by atoms with Gasteiger partial charge in [-0.2, -0.15) is 0 Å². The molecule has 0 aliphatic heterocycles. The highest BCUT2D eigenvalue weighted by Gasteiger charge is 2.02. The van der Waals surface area contributed by atoms with E-state index in [2.05, 4.69) is 9.97 Å². The molecule has 2 rings (SSSR count). The molecule has 1 heterocycles. The molecule has 0 aliphatic carbocycles. The highest BCUT2D eigenvalue weighted by Crippen LogP contribution is 2.15. The molecule has 1 unspecified atom stereocenters. The second kappa shape index (κ2) is 5.90. The van der Waals surface area contributed by atoms with Gasteiger partial charge in [-0.05, 0) is 44.2 Å². The van der Waals surface area contributed by atoms with Gasteiger partial charge in [-0.25, -0.2) is 14.2 Å². The van der Waals surface area contributed by atoms with Crippen molar-refractivity contribution < 1.29 is 13.5 Å². The molecule has 0 spiro atoms. The van der Waals surface area contributed by atoms with Crippen LogP contribution in [-0.2, 0) is 17.7 Å². The summed E-state index contributed by atoms with van der Waals surface area (Å²) in [5.74, 6) is 1.34. The van der Waals surface area contributed by atoms with E-state index in [4.69, 9.17) is 9.29 Å². The van der Waals surface area contributed by atoms with Crippen LogP contribution in [-0.4, -0.2) is 18.7 Å². The van der Waals surface area contributed by atoms with Crippen LogP contribution in [0.4, 0.5) is 0 Å². The third-order valence-corrected chi connectivity index (χ3v) is 3.11. The first kappa shape index (κ1) is 13.6. The molecule has 5 nitrogen and oxygen atoms in total. The Morgan fingerprint density at radius 1 is 1.21 bits per heavy atom. The van der Waals surface area contributed by atoms with E-state index in [9.17, 15) is 4.21 Å². The van der Waals surface area contributed by atoms with E-state index in [1.54, 1.807) is 24.3 Å². The molecule has 0 fully saturated rings. The number of aryl methyl sites for hydroxylation is 2. The number of hydrogen-bond donors (Lipinski definition) is 1. The fourth-order valence-corrected chi connectivity index (χ4v) is 2.05. The van der Waals surface area contributed by atoms with Crippen molar-refractivity contribution in [2.24, 2.45) is 0 Å². The number of ether oxygens (including phenoxy) is 1. The number of rotatable bonds is 4. The van der Waals surface area contributed by atoms with E-state index >= 15 is 0 Å². The SMILES string of the molecule is Cc1cc(COc2ccc(S(=O)O)cc2)nc(C)n1. The van der Waals surface area contributed by atoms with Gasteiger partial charge < -0.3 is 9.29 Å². The molecule has 0 saturated heterocycles. The predicted octanol–water partition coefficient (Wildman–Crippen LogP) is 2.25. The Hall–Kier alpha value is -1.79. The van der Waals surface area contributed by atoms with Crippen LogP contribution < -0.4 is 4.74 Å². The molecule has 0 saturated carbocycles. The van der Waals surface area contributed by atoms with Gasteiger partial charge in [0.25, 0.3) is 0 Å². The zero-order valence-electron chi connectivity index (χ0n) is 10.7. The summed E-state index contributed by atoms with van der Waals surface area (Å²) in [4.78, 5) is 8.81. The second-order valence-electron chi connectivity index (χ2n) is 4.06. The van der Waals surface area contributed by atoms with Crippen molar-refractivity contribution in [1.29, 1.82) is 0 Å². The minimum absolute atomic E-state index is 0.339. The first-order chi connectivity index (χ1) is 9.04. The number of aromatic nitrogens is 2. The molecule has 0 radical (unpaired) electrons. The lowest BCUT2D eigenvalue weighted by Gasteiger charge is -2.07. The van der Waals surface area contributed by atoms with Crippen molar-refractivity contribution in [3.63, 3.8) is 0 Å². The van der Waals surface area contributed by atoms with E-state index < -0.39 is 11.1 Å². The molecule has 0 amide bonds. The van der Waals surface area contributed by atoms with Crippen molar-refractivity contribution in [3.8, 4) is 5.75 Å². The second-order valence-corrected chi connectivity index (χ2v) is 5.03. The van der Waals surface area contributed by atoms with Gasteiger partial charge in [-0.3, -0.25) is 0 Å². The predicted molar refractivity (Wildman–Crippen MR) is 71.3 cm³/mol. The molecule has 0 aliphatic rings. The van der Waals surface area contributed by atoms with E-state index in [-0.39, 0.29) is 0 Å². The van der Waals surface area contributed by atoms with Crippen LogP contribution >= 0.6 is 0 Å². The minimum atomic E-state index is -1.96. The zero-order valence-corrected chi connectivity index (χ0v) is 11.5. The lowest BCUT2D eigenvalue weighted by Crippen LogP contribution is -2.02. The number of nitrogens with zero attached hydrogens (tertiary/aromatic N) is 2. The maximum absolute atomic E-state index is 10.8. The molecule has 1 N–H and O–H groups in total. The van der Waals surface area contributed by atoms with Crippen LogP contribution in [0.15, 0.2) is 35.2 Å².